The van der Waals surface area contributed by atoms with Gasteiger partial charge in [-0.1, -0.05) is 48.5 Å². The van der Waals surface area contributed by atoms with Crippen LogP contribution in [0.5, 0.6) is 0 Å². The number of non-ortho nitro benzene ring substituents is 1. The summed E-state index contributed by atoms with van der Waals surface area (Å²) in [4.78, 5) is 37.1. The molecule has 1 amide bonds. The number of hydrogen-bond donors (Lipinski definition) is 0. The highest BCUT2D eigenvalue weighted by atomic mass is 16.6. The Kier molecular flexibility index (Phi) is 5.40. The number of hydrogen-bond acceptors (Lipinski definition) is 6. The molecule has 3 aromatic carbocycles. The number of nitro groups is 1. The number of benzene rings is 3. The number of nitro benzene ring substituents is 1. The fraction of sp³-hybridized carbons (Fsp3) is 0.160. The highest BCUT2D eigenvalue weighted by Gasteiger charge is 2.24. The van der Waals surface area contributed by atoms with E-state index in [1.807, 2.05) is 65.6 Å². The molecule has 0 aliphatic carbocycles. The second-order valence-corrected chi connectivity index (χ2v) is 7.84. The molecule has 0 radical (unpaired) electrons. The lowest BCUT2D eigenvalue weighted by Gasteiger charge is -2.35. The zero-order valence-electron chi connectivity index (χ0n) is 17.8. The average molecular weight is 439 g/mol. The number of aromatic nitrogens is 2. The summed E-state index contributed by atoms with van der Waals surface area (Å²) in [6.07, 6.45) is 0. The van der Waals surface area contributed by atoms with E-state index in [2.05, 4.69) is 4.90 Å². The van der Waals surface area contributed by atoms with Crippen LogP contribution in [0.25, 0.3) is 22.2 Å². The van der Waals surface area contributed by atoms with Crippen LogP contribution in [0.4, 0.5) is 11.6 Å². The average Bonchev–Trinajstić information content (AvgIpc) is 2.88. The third kappa shape index (κ3) is 4.10. The van der Waals surface area contributed by atoms with Gasteiger partial charge in [0.2, 0.25) is 5.95 Å². The molecule has 2 heterocycles. The van der Waals surface area contributed by atoms with Crippen LogP contribution in [0.3, 0.4) is 0 Å². The topological polar surface area (TPSA) is 92.5 Å². The van der Waals surface area contributed by atoms with E-state index in [1.165, 1.54) is 12.1 Å². The third-order valence-electron chi connectivity index (χ3n) is 5.80. The fourth-order valence-corrected chi connectivity index (χ4v) is 4.05. The maximum atomic E-state index is 12.8. The van der Waals surface area contributed by atoms with Crippen LogP contribution in [0.2, 0.25) is 0 Å². The van der Waals surface area contributed by atoms with Crippen LogP contribution in [0.15, 0.2) is 78.9 Å². The number of amides is 1. The van der Waals surface area contributed by atoms with E-state index in [-0.39, 0.29) is 11.6 Å². The van der Waals surface area contributed by atoms with Crippen molar-refractivity contribution in [2.75, 3.05) is 31.1 Å². The first-order valence-corrected chi connectivity index (χ1v) is 10.7. The summed E-state index contributed by atoms with van der Waals surface area (Å²) < 4.78 is 0. The van der Waals surface area contributed by atoms with Crippen LogP contribution in [0, 0.1) is 10.1 Å². The minimum Gasteiger partial charge on any atom is -0.337 e. The quantitative estimate of drug-likeness (QED) is 0.350. The Labute approximate surface area is 190 Å². The smallest absolute Gasteiger partial charge is 0.270 e. The normalized spacial score (nSPS) is 13.8. The molecule has 0 bridgehead atoms. The van der Waals surface area contributed by atoms with Crippen LogP contribution < -0.4 is 4.90 Å². The molecule has 8 nitrogen and oxygen atoms in total. The van der Waals surface area contributed by atoms with E-state index >= 15 is 0 Å². The highest BCUT2D eigenvalue weighted by Crippen LogP contribution is 2.31. The summed E-state index contributed by atoms with van der Waals surface area (Å²) in [7, 11) is 0. The second kappa shape index (κ2) is 8.66. The molecule has 1 fully saturated rings. The van der Waals surface area contributed by atoms with Crippen molar-refractivity contribution >= 4 is 28.4 Å². The molecule has 0 spiro atoms. The number of piperazine rings is 1. The zero-order chi connectivity index (χ0) is 22.8. The maximum absolute atomic E-state index is 12.8. The molecule has 0 N–H and O–H groups in total. The molecule has 1 aliphatic heterocycles. The number of nitrogens with zero attached hydrogens (tertiary/aromatic N) is 5. The molecule has 0 atom stereocenters. The molecule has 1 saturated heterocycles. The van der Waals surface area contributed by atoms with Crippen LogP contribution in [-0.2, 0) is 0 Å². The first-order valence-electron chi connectivity index (χ1n) is 10.7. The summed E-state index contributed by atoms with van der Waals surface area (Å²) in [5, 5.41) is 12.0. The number of rotatable bonds is 4. The van der Waals surface area contributed by atoms with Crippen molar-refractivity contribution < 1.29 is 9.72 Å². The van der Waals surface area contributed by atoms with Crippen LogP contribution in [-0.4, -0.2) is 51.9 Å². The summed E-state index contributed by atoms with van der Waals surface area (Å²) in [6, 6.07) is 23.5. The molecule has 1 aliphatic rings. The Balaban J connectivity index is 1.46. The molecule has 1 aromatic heterocycles. The standard InChI is InChI=1S/C25H21N5O3/c31-24(19-9-5-2-6-10-19)28-13-15-29(16-14-28)25-26-22-12-11-20(30(32)33)17-21(22)23(27-25)18-7-3-1-4-8-18/h1-12,17H,13-16H2. The second-order valence-electron chi connectivity index (χ2n) is 7.84. The van der Waals surface area contributed by atoms with Crippen molar-refractivity contribution in [2.24, 2.45) is 0 Å². The van der Waals surface area contributed by atoms with Crippen molar-refractivity contribution in [1.29, 1.82) is 0 Å². The lowest BCUT2D eigenvalue weighted by Crippen LogP contribution is -2.49. The zero-order valence-corrected chi connectivity index (χ0v) is 17.8. The van der Waals surface area contributed by atoms with Gasteiger partial charge in [-0.3, -0.25) is 14.9 Å². The number of carbonyl (C=O) groups excluding carboxylic acids is 1. The van der Waals surface area contributed by atoms with Gasteiger partial charge < -0.3 is 9.80 Å². The molecule has 33 heavy (non-hydrogen) atoms. The SMILES string of the molecule is O=C(c1ccccc1)N1CCN(c2nc(-c3ccccc3)c3cc([N+](=O)[O-])ccc3n2)CC1. The minimum absolute atomic E-state index is 0.00377. The Bertz CT molecular complexity index is 1320. The maximum Gasteiger partial charge on any atom is 0.270 e. The van der Waals surface area contributed by atoms with Crippen LogP contribution in [0.1, 0.15) is 10.4 Å². The van der Waals surface area contributed by atoms with Crippen molar-refractivity contribution in [2.45, 2.75) is 0 Å². The molecule has 0 unspecified atom stereocenters. The van der Waals surface area contributed by atoms with Gasteiger partial charge in [-0.05, 0) is 18.2 Å². The van der Waals surface area contributed by atoms with E-state index < -0.39 is 4.92 Å². The molecule has 5 rings (SSSR count). The van der Waals surface area contributed by atoms with E-state index in [4.69, 9.17) is 9.97 Å². The molecular formula is C25H21N5O3. The van der Waals surface area contributed by atoms with Gasteiger partial charge in [0.1, 0.15) is 0 Å². The van der Waals surface area contributed by atoms with Gasteiger partial charge >= 0.3 is 0 Å². The van der Waals surface area contributed by atoms with Gasteiger partial charge in [-0.25, -0.2) is 9.97 Å². The predicted molar refractivity (Wildman–Crippen MR) is 126 cm³/mol. The van der Waals surface area contributed by atoms with Crippen molar-refractivity contribution in [3.05, 3.63) is 94.5 Å². The van der Waals surface area contributed by atoms with Gasteiger partial charge in [-0.15, -0.1) is 0 Å². The number of anilines is 1. The molecule has 0 saturated carbocycles. The third-order valence-corrected chi connectivity index (χ3v) is 5.80. The first kappa shape index (κ1) is 20.6. The number of fused-ring (bicyclic) bond motifs is 1. The molecule has 164 valence electrons. The Morgan fingerprint density at radius 3 is 2.18 bits per heavy atom. The van der Waals surface area contributed by atoms with Crippen molar-refractivity contribution in [3.63, 3.8) is 0 Å². The Hall–Kier alpha value is -4.33. The lowest BCUT2D eigenvalue weighted by molar-refractivity contribution is -0.384. The summed E-state index contributed by atoms with van der Waals surface area (Å²) in [5.74, 6) is 0.578. The largest absolute Gasteiger partial charge is 0.337 e. The monoisotopic (exact) mass is 439 g/mol. The summed E-state index contributed by atoms with van der Waals surface area (Å²) in [6.45, 7) is 2.34. The van der Waals surface area contributed by atoms with Gasteiger partial charge in [0.15, 0.2) is 0 Å². The van der Waals surface area contributed by atoms with E-state index in [0.29, 0.717) is 54.3 Å². The van der Waals surface area contributed by atoms with E-state index in [9.17, 15) is 14.9 Å². The van der Waals surface area contributed by atoms with Gasteiger partial charge in [0.05, 0.1) is 16.1 Å². The summed E-state index contributed by atoms with van der Waals surface area (Å²) in [5.41, 5.74) is 2.85. The lowest BCUT2D eigenvalue weighted by atomic mass is 10.1. The van der Waals surface area contributed by atoms with Crippen molar-refractivity contribution in [3.8, 4) is 11.3 Å². The Morgan fingerprint density at radius 1 is 0.848 bits per heavy atom. The van der Waals surface area contributed by atoms with Gasteiger partial charge in [-0.2, -0.15) is 0 Å². The first-order chi connectivity index (χ1) is 16.1. The Morgan fingerprint density at radius 2 is 1.52 bits per heavy atom. The minimum atomic E-state index is -0.412. The highest BCUT2D eigenvalue weighted by molar-refractivity contribution is 5.95. The van der Waals surface area contributed by atoms with E-state index in [0.717, 1.165) is 5.56 Å². The summed E-state index contributed by atoms with van der Waals surface area (Å²) >= 11 is 0. The predicted octanol–water partition coefficient (Wildman–Crippen LogP) is 4.17. The van der Waals surface area contributed by atoms with Gasteiger partial charge in [0.25, 0.3) is 11.6 Å². The molecule has 4 aromatic rings. The number of carbonyl (C=O) groups is 1. The van der Waals surface area contributed by atoms with Crippen molar-refractivity contribution in [1.82, 2.24) is 14.9 Å². The molecular weight excluding hydrogens is 418 g/mol. The molecule has 8 heteroatoms. The fourth-order valence-electron chi connectivity index (χ4n) is 4.05. The van der Waals surface area contributed by atoms with E-state index in [1.54, 1.807) is 6.07 Å². The van der Waals surface area contributed by atoms with Crippen LogP contribution >= 0.6 is 0 Å². The van der Waals surface area contributed by atoms with Gasteiger partial charge in [0, 0.05) is 54.8 Å².